The van der Waals surface area contributed by atoms with E-state index in [1.54, 1.807) is 34.5 Å². The zero-order valence-electron chi connectivity index (χ0n) is 18.4. The Hall–Kier alpha value is -3.56. The van der Waals surface area contributed by atoms with Crippen molar-refractivity contribution in [2.24, 2.45) is 0 Å². The van der Waals surface area contributed by atoms with Crippen molar-refractivity contribution >= 4 is 22.5 Å². The number of hydrogen-bond acceptors (Lipinski definition) is 8. The Kier molecular flexibility index (Phi) is 6.29. The molecule has 1 fully saturated rings. The summed E-state index contributed by atoms with van der Waals surface area (Å²) in [6.07, 6.45) is 0.534. The summed E-state index contributed by atoms with van der Waals surface area (Å²) < 4.78 is 21.5. The Bertz CT molecular complexity index is 1110. The Balaban J connectivity index is 1.52. The van der Waals surface area contributed by atoms with Gasteiger partial charge in [0.1, 0.15) is 6.04 Å². The second-order valence-electron chi connectivity index (χ2n) is 7.31. The van der Waals surface area contributed by atoms with E-state index in [2.05, 4.69) is 21.2 Å². The number of nitrogens with zero attached hydrogens (tertiary/aromatic N) is 1. The molecular formula is C23H26N4O5. The van der Waals surface area contributed by atoms with Gasteiger partial charge in [-0.3, -0.25) is 4.79 Å². The van der Waals surface area contributed by atoms with Gasteiger partial charge in [0.15, 0.2) is 11.5 Å². The molecule has 0 radical (unpaired) electrons. The van der Waals surface area contributed by atoms with Crippen molar-refractivity contribution in [2.75, 3.05) is 33.8 Å². The van der Waals surface area contributed by atoms with Gasteiger partial charge in [-0.05, 0) is 36.2 Å². The van der Waals surface area contributed by atoms with E-state index in [1.807, 2.05) is 36.4 Å². The lowest BCUT2D eigenvalue weighted by Crippen LogP contribution is -2.39. The summed E-state index contributed by atoms with van der Waals surface area (Å²) in [4.78, 5) is 17.5. The summed E-state index contributed by atoms with van der Waals surface area (Å²) in [6, 6.07) is 12.5. The van der Waals surface area contributed by atoms with Gasteiger partial charge in [-0.15, -0.1) is 0 Å². The first-order valence-corrected chi connectivity index (χ1v) is 10.1. The normalized spacial score (nSPS) is 17.8. The summed E-state index contributed by atoms with van der Waals surface area (Å²) in [7, 11) is 6.27. The van der Waals surface area contributed by atoms with E-state index in [4.69, 9.17) is 18.9 Å². The van der Waals surface area contributed by atoms with Gasteiger partial charge in [0.05, 0.1) is 39.6 Å². The Morgan fingerprint density at radius 3 is 2.38 bits per heavy atom. The minimum Gasteiger partial charge on any atom is -0.493 e. The Morgan fingerprint density at radius 2 is 1.72 bits per heavy atom. The largest absolute Gasteiger partial charge is 0.493 e. The number of hydrogen-bond donors (Lipinski definition) is 3. The maximum absolute atomic E-state index is 13.0. The number of carbonyl (C=O) groups is 1. The molecule has 1 aliphatic heterocycles. The van der Waals surface area contributed by atoms with Crippen LogP contribution in [0.2, 0.25) is 0 Å². The molecule has 3 N–H and O–H groups in total. The van der Waals surface area contributed by atoms with Crippen LogP contribution in [0.25, 0.3) is 10.9 Å². The highest BCUT2D eigenvalue weighted by atomic mass is 16.5. The number of anilines is 1. The van der Waals surface area contributed by atoms with E-state index < -0.39 is 6.04 Å². The van der Waals surface area contributed by atoms with E-state index in [0.717, 1.165) is 10.9 Å². The molecular weight excluding hydrogens is 412 g/mol. The first-order valence-electron chi connectivity index (χ1n) is 10.1. The molecule has 32 heavy (non-hydrogen) atoms. The number of aromatic nitrogens is 1. The molecule has 9 nitrogen and oxygen atoms in total. The number of fused-ring (bicyclic) bond motifs is 1. The molecule has 9 heteroatoms. The van der Waals surface area contributed by atoms with Crippen LogP contribution in [0, 0.1) is 0 Å². The van der Waals surface area contributed by atoms with Gasteiger partial charge in [0.2, 0.25) is 17.5 Å². The third-order valence-corrected chi connectivity index (χ3v) is 5.47. The van der Waals surface area contributed by atoms with Crippen LogP contribution in [0.3, 0.4) is 0 Å². The Labute approximate surface area is 186 Å². The molecule has 0 saturated carbocycles. The van der Waals surface area contributed by atoms with Crippen LogP contribution in [0.1, 0.15) is 18.0 Å². The number of para-hydroxylation sites is 1. The molecule has 2 atom stereocenters. The standard InChI is InChI=1S/C23H26N4O5/c1-29-18-10-14(11-19(30-2)22(18)32-4)16-12-17(27-26-16)23(28)24-15-7-5-6-13-8-9-20(31-3)25-21(13)15/h5-11,16-17,26-27H,12H2,1-4H3,(H,24,28). The van der Waals surface area contributed by atoms with E-state index >= 15 is 0 Å². The van der Waals surface area contributed by atoms with Crippen molar-refractivity contribution in [3.8, 4) is 23.1 Å². The van der Waals surface area contributed by atoms with Crippen LogP contribution in [-0.2, 0) is 4.79 Å². The smallest absolute Gasteiger partial charge is 0.242 e. The summed E-state index contributed by atoms with van der Waals surface area (Å²) in [5, 5.41) is 3.90. The summed E-state index contributed by atoms with van der Waals surface area (Å²) in [5.74, 6) is 1.98. The molecule has 2 heterocycles. The summed E-state index contributed by atoms with van der Waals surface area (Å²) in [6.45, 7) is 0. The highest BCUT2D eigenvalue weighted by molar-refractivity contribution is 6.02. The molecule has 3 aromatic rings. The van der Waals surface area contributed by atoms with E-state index in [1.165, 1.54) is 0 Å². The maximum atomic E-state index is 13.0. The molecule has 0 bridgehead atoms. The second kappa shape index (κ2) is 9.29. The number of carbonyl (C=O) groups excluding carboxylic acids is 1. The molecule has 1 amide bonds. The van der Waals surface area contributed by atoms with E-state index in [0.29, 0.717) is 40.8 Å². The van der Waals surface area contributed by atoms with Crippen LogP contribution >= 0.6 is 0 Å². The molecule has 4 rings (SSSR count). The first kappa shape index (κ1) is 21.7. The predicted octanol–water partition coefficient (Wildman–Crippen LogP) is 2.82. The number of hydrazine groups is 1. The first-order chi connectivity index (χ1) is 15.6. The highest BCUT2D eigenvalue weighted by Gasteiger charge is 2.31. The average molecular weight is 438 g/mol. The molecule has 2 aromatic carbocycles. The van der Waals surface area contributed by atoms with Gasteiger partial charge < -0.3 is 24.3 Å². The van der Waals surface area contributed by atoms with Crippen LogP contribution < -0.4 is 35.1 Å². The number of amides is 1. The second-order valence-corrected chi connectivity index (χ2v) is 7.31. The zero-order valence-corrected chi connectivity index (χ0v) is 18.4. The van der Waals surface area contributed by atoms with Crippen LogP contribution in [0.4, 0.5) is 5.69 Å². The van der Waals surface area contributed by atoms with Crippen LogP contribution in [-0.4, -0.2) is 45.4 Å². The predicted molar refractivity (Wildman–Crippen MR) is 120 cm³/mol. The van der Waals surface area contributed by atoms with Crippen LogP contribution in [0.5, 0.6) is 23.1 Å². The fraction of sp³-hybridized carbons (Fsp3) is 0.304. The van der Waals surface area contributed by atoms with Gasteiger partial charge in [0.25, 0.3) is 0 Å². The minimum absolute atomic E-state index is 0.120. The molecule has 168 valence electrons. The molecule has 1 aliphatic rings. The lowest BCUT2D eigenvalue weighted by Gasteiger charge is -2.17. The van der Waals surface area contributed by atoms with Gasteiger partial charge in [0, 0.05) is 17.5 Å². The average Bonchev–Trinajstić information content (AvgIpc) is 3.33. The van der Waals surface area contributed by atoms with Gasteiger partial charge in [-0.25, -0.2) is 15.8 Å². The lowest BCUT2D eigenvalue weighted by molar-refractivity contribution is -0.117. The van der Waals surface area contributed by atoms with Crippen molar-refractivity contribution < 1.29 is 23.7 Å². The van der Waals surface area contributed by atoms with Gasteiger partial charge in [-0.2, -0.15) is 0 Å². The van der Waals surface area contributed by atoms with Crippen molar-refractivity contribution in [1.29, 1.82) is 0 Å². The number of pyridine rings is 1. The number of rotatable bonds is 7. The van der Waals surface area contributed by atoms with Crippen LogP contribution in [0.15, 0.2) is 42.5 Å². The number of benzene rings is 2. The minimum atomic E-state index is -0.444. The van der Waals surface area contributed by atoms with Crippen molar-refractivity contribution in [1.82, 2.24) is 15.8 Å². The monoisotopic (exact) mass is 438 g/mol. The third kappa shape index (κ3) is 4.12. The fourth-order valence-corrected chi connectivity index (χ4v) is 3.81. The Morgan fingerprint density at radius 1 is 0.969 bits per heavy atom. The lowest BCUT2D eigenvalue weighted by atomic mass is 10.0. The highest BCUT2D eigenvalue weighted by Crippen LogP contribution is 2.40. The number of ether oxygens (including phenoxy) is 4. The molecule has 0 aliphatic carbocycles. The van der Waals surface area contributed by atoms with E-state index in [9.17, 15) is 4.79 Å². The zero-order chi connectivity index (χ0) is 22.7. The topological polar surface area (TPSA) is 103 Å². The fourth-order valence-electron chi connectivity index (χ4n) is 3.81. The van der Waals surface area contributed by atoms with Crippen molar-refractivity contribution in [3.63, 3.8) is 0 Å². The molecule has 2 unspecified atom stereocenters. The number of methoxy groups -OCH3 is 4. The summed E-state index contributed by atoms with van der Waals surface area (Å²) >= 11 is 0. The van der Waals surface area contributed by atoms with Gasteiger partial charge >= 0.3 is 0 Å². The maximum Gasteiger partial charge on any atom is 0.242 e. The van der Waals surface area contributed by atoms with Crippen molar-refractivity contribution in [3.05, 3.63) is 48.0 Å². The summed E-state index contributed by atoms with van der Waals surface area (Å²) in [5.41, 5.74) is 8.48. The number of nitrogens with one attached hydrogen (secondary N) is 3. The quantitative estimate of drug-likeness (QED) is 0.518. The van der Waals surface area contributed by atoms with E-state index in [-0.39, 0.29) is 11.9 Å². The van der Waals surface area contributed by atoms with Crippen molar-refractivity contribution in [2.45, 2.75) is 18.5 Å². The molecule has 1 saturated heterocycles. The van der Waals surface area contributed by atoms with Gasteiger partial charge in [-0.1, -0.05) is 12.1 Å². The third-order valence-electron chi connectivity index (χ3n) is 5.47. The molecule has 1 aromatic heterocycles. The molecule has 0 spiro atoms. The SMILES string of the molecule is COc1ccc2cccc(NC(=O)C3CC(c4cc(OC)c(OC)c(OC)c4)NN3)c2n1.